The fraction of sp³-hybridized carbons (Fsp3) is 0.409. The fourth-order valence-electron chi connectivity index (χ4n) is 3.76. The third kappa shape index (κ3) is 4.08. The zero-order valence-corrected chi connectivity index (χ0v) is 15.5. The molecule has 27 heavy (non-hydrogen) atoms. The molecule has 2 aliphatic rings. The predicted octanol–water partition coefficient (Wildman–Crippen LogP) is 2.59. The molecule has 5 heteroatoms. The first-order valence-electron chi connectivity index (χ1n) is 9.68. The van der Waals surface area contributed by atoms with Gasteiger partial charge >= 0.3 is 0 Å². The van der Waals surface area contributed by atoms with E-state index in [2.05, 4.69) is 18.2 Å². The van der Waals surface area contributed by atoms with Crippen molar-refractivity contribution in [3.8, 4) is 11.5 Å². The van der Waals surface area contributed by atoms with E-state index in [1.54, 1.807) is 0 Å². The Morgan fingerprint density at radius 3 is 2.59 bits per heavy atom. The average Bonchev–Trinajstić information content (AvgIpc) is 3.52. The third-order valence-corrected chi connectivity index (χ3v) is 5.33. The molecule has 2 N–H and O–H groups in total. The maximum Gasteiger partial charge on any atom is 0.226 e. The van der Waals surface area contributed by atoms with E-state index in [-0.39, 0.29) is 17.7 Å². The van der Waals surface area contributed by atoms with Gasteiger partial charge in [-0.05, 0) is 42.0 Å². The summed E-state index contributed by atoms with van der Waals surface area (Å²) in [6.07, 6.45) is 1.75. The number of fused-ring (bicyclic) bond motifs is 1. The molecular formula is C22H26N2O3. The Morgan fingerprint density at radius 2 is 1.81 bits per heavy atom. The van der Waals surface area contributed by atoms with Crippen molar-refractivity contribution in [2.75, 3.05) is 32.8 Å². The van der Waals surface area contributed by atoms with Gasteiger partial charge in [0.15, 0.2) is 11.5 Å². The first-order chi connectivity index (χ1) is 13.3. The minimum absolute atomic E-state index is 0.0508. The number of carbonyl (C=O) groups excluding carboxylic acids is 1. The molecule has 0 bridgehead atoms. The van der Waals surface area contributed by atoms with Gasteiger partial charge in [0.2, 0.25) is 5.91 Å². The molecular weight excluding hydrogens is 340 g/mol. The molecule has 1 aliphatic heterocycles. The summed E-state index contributed by atoms with van der Waals surface area (Å²) in [7, 11) is 0. The Morgan fingerprint density at radius 1 is 1.04 bits per heavy atom. The molecule has 2 aromatic rings. The molecule has 1 heterocycles. The highest BCUT2D eigenvalue weighted by Crippen LogP contribution is 2.50. The lowest BCUT2D eigenvalue weighted by atomic mass is 10.1. The Hall–Kier alpha value is -2.53. The minimum atomic E-state index is 0.0508. The predicted molar refractivity (Wildman–Crippen MR) is 104 cm³/mol. The smallest absolute Gasteiger partial charge is 0.226 e. The number of benzene rings is 2. The maximum atomic E-state index is 13.0. The van der Waals surface area contributed by atoms with Crippen molar-refractivity contribution in [3.05, 3.63) is 59.7 Å². The molecule has 5 nitrogen and oxygen atoms in total. The minimum Gasteiger partial charge on any atom is -0.486 e. The van der Waals surface area contributed by atoms with E-state index in [9.17, 15) is 4.79 Å². The van der Waals surface area contributed by atoms with Crippen LogP contribution in [0.4, 0.5) is 0 Å². The lowest BCUT2D eigenvalue weighted by molar-refractivity contribution is -0.132. The Balaban J connectivity index is 1.39. The van der Waals surface area contributed by atoms with Gasteiger partial charge in [-0.2, -0.15) is 0 Å². The summed E-state index contributed by atoms with van der Waals surface area (Å²) in [5, 5.41) is 0. The number of ether oxygens (including phenoxy) is 2. The van der Waals surface area contributed by atoms with Crippen LogP contribution in [-0.2, 0) is 11.2 Å². The molecule has 2 aromatic carbocycles. The van der Waals surface area contributed by atoms with Gasteiger partial charge in [-0.3, -0.25) is 4.79 Å². The quantitative estimate of drug-likeness (QED) is 0.818. The first kappa shape index (κ1) is 17.9. The van der Waals surface area contributed by atoms with Crippen LogP contribution in [0.3, 0.4) is 0 Å². The Bertz CT molecular complexity index is 793. The van der Waals surface area contributed by atoms with Crippen LogP contribution in [0.2, 0.25) is 0 Å². The number of carbonyl (C=O) groups is 1. The topological polar surface area (TPSA) is 64.8 Å². The van der Waals surface area contributed by atoms with Gasteiger partial charge in [0, 0.05) is 25.6 Å². The Labute approximate surface area is 160 Å². The molecule has 0 saturated heterocycles. The number of hydrogen-bond acceptors (Lipinski definition) is 4. The number of nitrogens with zero attached hydrogens (tertiary/aromatic N) is 1. The SMILES string of the molecule is NCCN(CCc1ccccc1)C(=O)C1CC1c1ccc2c(c1)OCCO2. The monoisotopic (exact) mass is 366 g/mol. The average molecular weight is 366 g/mol. The van der Waals surface area contributed by atoms with Gasteiger partial charge in [-0.15, -0.1) is 0 Å². The molecule has 0 radical (unpaired) electrons. The highest BCUT2D eigenvalue weighted by atomic mass is 16.6. The van der Waals surface area contributed by atoms with E-state index in [1.165, 1.54) is 5.56 Å². The van der Waals surface area contributed by atoms with Crippen molar-refractivity contribution < 1.29 is 14.3 Å². The van der Waals surface area contributed by atoms with Gasteiger partial charge in [-0.1, -0.05) is 36.4 Å². The van der Waals surface area contributed by atoms with Crippen molar-refractivity contribution in [2.24, 2.45) is 11.7 Å². The number of hydrogen-bond donors (Lipinski definition) is 1. The summed E-state index contributed by atoms with van der Waals surface area (Å²) >= 11 is 0. The standard InChI is InChI=1S/C22H26N2O3/c23-9-11-24(10-8-16-4-2-1-3-5-16)22(25)19-15-18(19)17-6-7-20-21(14-17)27-13-12-26-20/h1-7,14,18-19H,8-13,15,23H2. The van der Waals surface area contributed by atoms with Crippen molar-refractivity contribution in [1.82, 2.24) is 4.90 Å². The molecule has 142 valence electrons. The zero-order valence-electron chi connectivity index (χ0n) is 15.5. The van der Waals surface area contributed by atoms with E-state index in [4.69, 9.17) is 15.2 Å². The van der Waals surface area contributed by atoms with Crippen LogP contribution in [0.25, 0.3) is 0 Å². The van der Waals surface area contributed by atoms with Crippen molar-refractivity contribution >= 4 is 5.91 Å². The zero-order chi connectivity index (χ0) is 18.6. The third-order valence-electron chi connectivity index (χ3n) is 5.33. The number of nitrogens with two attached hydrogens (primary N) is 1. The lowest BCUT2D eigenvalue weighted by Crippen LogP contribution is -2.38. The number of rotatable bonds is 7. The van der Waals surface area contributed by atoms with Crippen LogP contribution >= 0.6 is 0 Å². The van der Waals surface area contributed by atoms with Crippen LogP contribution in [0.15, 0.2) is 48.5 Å². The van der Waals surface area contributed by atoms with Crippen molar-refractivity contribution in [1.29, 1.82) is 0 Å². The fourth-order valence-corrected chi connectivity index (χ4v) is 3.76. The molecule has 2 unspecified atom stereocenters. The molecule has 2 atom stereocenters. The second kappa shape index (κ2) is 8.01. The van der Waals surface area contributed by atoms with Crippen LogP contribution < -0.4 is 15.2 Å². The Kier molecular flexibility index (Phi) is 5.30. The van der Waals surface area contributed by atoms with Gasteiger partial charge < -0.3 is 20.1 Å². The van der Waals surface area contributed by atoms with Crippen molar-refractivity contribution in [3.63, 3.8) is 0 Å². The van der Waals surface area contributed by atoms with Crippen LogP contribution in [0.1, 0.15) is 23.5 Å². The van der Waals surface area contributed by atoms with Gasteiger partial charge in [0.25, 0.3) is 0 Å². The van der Waals surface area contributed by atoms with Gasteiger partial charge in [0.05, 0.1) is 0 Å². The van der Waals surface area contributed by atoms with E-state index in [1.807, 2.05) is 35.2 Å². The second-order valence-corrected chi connectivity index (χ2v) is 7.20. The summed E-state index contributed by atoms with van der Waals surface area (Å²) in [5.41, 5.74) is 8.16. The van der Waals surface area contributed by atoms with E-state index >= 15 is 0 Å². The molecule has 1 amide bonds. The van der Waals surface area contributed by atoms with E-state index < -0.39 is 0 Å². The summed E-state index contributed by atoms with van der Waals surface area (Å²) in [6.45, 7) is 2.97. The molecule has 4 rings (SSSR count). The largest absolute Gasteiger partial charge is 0.486 e. The van der Waals surface area contributed by atoms with Gasteiger partial charge in [-0.25, -0.2) is 0 Å². The van der Waals surface area contributed by atoms with Gasteiger partial charge in [0.1, 0.15) is 13.2 Å². The summed E-state index contributed by atoms with van der Waals surface area (Å²) in [6, 6.07) is 16.3. The molecule has 0 aromatic heterocycles. The molecule has 0 spiro atoms. The van der Waals surface area contributed by atoms with Crippen molar-refractivity contribution in [2.45, 2.75) is 18.8 Å². The van der Waals surface area contributed by atoms with Crippen LogP contribution in [0.5, 0.6) is 11.5 Å². The highest BCUT2D eigenvalue weighted by Gasteiger charge is 2.45. The number of amides is 1. The normalized spacial score (nSPS) is 20.2. The first-order valence-corrected chi connectivity index (χ1v) is 9.68. The highest BCUT2D eigenvalue weighted by molar-refractivity contribution is 5.83. The van der Waals surface area contributed by atoms with E-state index in [0.29, 0.717) is 32.8 Å². The summed E-state index contributed by atoms with van der Waals surface area (Å²) in [4.78, 5) is 14.9. The molecule has 1 fully saturated rings. The van der Waals surface area contributed by atoms with Crippen LogP contribution in [-0.4, -0.2) is 43.7 Å². The molecule has 1 saturated carbocycles. The van der Waals surface area contributed by atoms with E-state index in [0.717, 1.165) is 29.9 Å². The summed E-state index contributed by atoms with van der Waals surface area (Å²) in [5.74, 6) is 2.12. The molecule has 1 aliphatic carbocycles. The van der Waals surface area contributed by atoms with Crippen LogP contribution in [0, 0.1) is 5.92 Å². The maximum absolute atomic E-state index is 13.0. The summed E-state index contributed by atoms with van der Waals surface area (Å²) < 4.78 is 11.3. The lowest BCUT2D eigenvalue weighted by Gasteiger charge is -2.22. The second-order valence-electron chi connectivity index (χ2n) is 7.20.